The standard InChI is InChI=1S/C14H21NO2/c1-17-11-5-6-13(16)12(9-11)14(10-15)7-3-2-4-8-14/h5-6,9,16H,2-4,7-8,10,15H2,1H3. The number of phenols is 1. The molecule has 3 nitrogen and oxygen atoms in total. The Balaban J connectivity index is 2.41. The summed E-state index contributed by atoms with van der Waals surface area (Å²) in [4.78, 5) is 0. The van der Waals surface area contributed by atoms with E-state index in [0.29, 0.717) is 12.3 Å². The Morgan fingerprint density at radius 2 is 2.00 bits per heavy atom. The van der Waals surface area contributed by atoms with Crippen LogP contribution in [0.5, 0.6) is 11.5 Å². The highest BCUT2D eigenvalue weighted by Crippen LogP contribution is 2.43. The minimum Gasteiger partial charge on any atom is -0.508 e. The molecular weight excluding hydrogens is 214 g/mol. The van der Waals surface area contributed by atoms with Crippen molar-refractivity contribution in [3.05, 3.63) is 23.8 Å². The van der Waals surface area contributed by atoms with E-state index in [2.05, 4.69) is 0 Å². The second-order valence-corrected chi connectivity index (χ2v) is 4.93. The molecular formula is C14H21NO2. The molecule has 0 radical (unpaired) electrons. The molecule has 1 aromatic carbocycles. The first-order valence-corrected chi connectivity index (χ1v) is 6.29. The number of phenolic OH excluding ortho intramolecular Hbond substituents is 1. The molecule has 1 aliphatic carbocycles. The summed E-state index contributed by atoms with van der Waals surface area (Å²) in [7, 11) is 1.64. The molecule has 0 atom stereocenters. The molecule has 2 rings (SSSR count). The maximum Gasteiger partial charge on any atom is 0.119 e. The van der Waals surface area contributed by atoms with Crippen LogP contribution in [-0.2, 0) is 5.41 Å². The monoisotopic (exact) mass is 235 g/mol. The summed E-state index contributed by atoms with van der Waals surface area (Å²) >= 11 is 0. The Hall–Kier alpha value is -1.22. The van der Waals surface area contributed by atoms with E-state index in [1.807, 2.05) is 6.07 Å². The predicted octanol–water partition coefficient (Wildman–Crippen LogP) is 2.56. The Bertz CT molecular complexity index is 384. The van der Waals surface area contributed by atoms with Gasteiger partial charge in [-0.1, -0.05) is 19.3 Å². The van der Waals surface area contributed by atoms with Crippen LogP contribution in [0.2, 0.25) is 0 Å². The molecule has 0 heterocycles. The summed E-state index contributed by atoms with van der Waals surface area (Å²) in [6.07, 6.45) is 5.77. The second-order valence-electron chi connectivity index (χ2n) is 4.93. The minimum absolute atomic E-state index is 0.0587. The summed E-state index contributed by atoms with van der Waals surface area (Å²) in [6.45, 7) is 0.591. The van der Waals surface area contributed by atoms with E-state index in [1.165, 1.54) is 19.3 Å². The van der Waals surface area contributed by atoms with Crippen molar-refractivity contribution < 1.29 is 9.84 Å². The Kier molecular flexibility index (Phi) is 3.57. The summed E-state index contributed by atoms with van der Waals surface area (Å²) < 4.78 is 5.24. The lowest BCUT2D eigenvalue weighted by Crippen LogP contribution is -2.37. The highest BCUT2D eigenvalue weighted by molar-refractivity contribution is 5.44. The van der Waals surface area contributed by atoms with Gasteiger partial charge >= 0.3 is 0 Å². The lowest BCUT2D eigenvalue weighted by atomic mass is 9.69. The van der Waals surface area contributed by atoms with Crippen LogP contribution in [0.1, 0.15) is 37.7 Å². The summed E-state index contributed by atoms with van der Waals surface area (Å²) in [5, 5.41) is 10.1. The van der Waals surface area contributed by atoms with Gasteiger partial charge in [0.25, 0.3) is 0 Å². The first kappa shape index (κ1) is 12.2. The van der Waals surface area contributed by atoms with Crippen LogP contribution in [0.4, 0.5) is 0 Å². The largest absolute Gasteiger partial charge is 0.508 e. The van der Waals surface area contributed by atoms with Crippen molar-refractivity contribution in [1.29, 1.82) is 0 Å². The van der Waals surface area contributed by atoms with Crippen LogP contribution >= 0.6 is 0 Å². The van der Waals surface area contributed by atoms with Crippen molar-refractivity contribution in [2.24, 2.45) is 5.73 Å². The first-order chi connectivity index (χ1) is 8.22. The summed E-state index contributed by atoms with van der Waals surface area (Å²) in [5.41, 5.74) is 6.88. The number of nitrogens with two attached hydrogens (primary N) is 1. The quantitative estimate of drug-likeness (QED) is 0.846. The molecule has 1 fully saturated rings. The molecule has 1 saturated carbocycles. The molecule has 0 unspecified atom stereocenters. The lowest BCUT2D eigenvalue weighted by Gasteiger charge is -2.37. The van der Waals surface area contributed by atoms with Crippen LogP contribution in [-0.4, -0.2) is 18.8 Å². The summed E-state index contributed by atoms with van der Waals surface area (Å²) in [5.74, 6) is 1.13. The van der Waals surface area contributed by atoms with Crippen molar-refractivity contribution in [1.82, 2.24) is 0 Å². The van der Waals surface area contributed by atoms with Gasteiger partial charge in [0.05, 0.1) is 7.11 Å². The van der Waals surface area contributed by atoms with Crippen LogP contribution in [0, 0.1) is 0 Å². The number of benzene rings is 1. The average molecular weight is 235 g/mol. The fourth-order valence-corrected chi connectivity index (χ4v) is 2.88. The van der Waals surface area contributed by atoms with E-state index in [-0.39, 0.29) is 5.41 Å². The first-order valence-electron chi connectivity index (χ1n) is 6.29. The number of rotatable bonds is 3. The molecule has 0 bridgehead atoms. The van der Waals surface area contributed by atoms with Crippen molar-refractivity contribution in [3.8, 4) is 11.5 Å². The van der Waals surface area contributed by atoms with Crippen molar-refractivity contribution >= 4 is 0 Å². The molecule has 0 saturated heterocycles. The van der Waals surface area contributed by atoms with Gasteiger partial charge in [0.15, 0.2) is 0 Å². The molecule has 94 valence electrons. The van der Waals surface area contributed by atoms with Crippen molar-refractivity contribution in [3.63, 3.8) is 0 Å². The van der Waals surface area contributed by atoms with Gasteiger partial charge in [-0.3, -0.25) is 0 Å². The van der Waals surface area contributed by atoms with Crippen molar-refractivity contribution in [2.75, 3.05) is 13.7 Å². The van der Waals surface area contributed by atoms with E-state index in [1.54, 1.807) is 19.2 Å². The molecule has 0 aliphatic heterocycles. The zero-order valence-electron chi connectivity index (χ0n) is 10.4. The van der Waals surface area contributed by atoms with Gasteiger partial charge in [0, 0.05) is 17.5 Å². The molecule has 0 aromatic heterocycles. The summed E-state index contributed by atoms with van der Waals surface area (Å²) in [6, 6.07) is 5.43. The van der Waals surface area contributed by atoms with Gasteiger partial charge in [-0.05, 0) is 31.0 Å². The van der Waals surface area contributed by atoms with Gasteiger partial charge in [-0.25, -0.2) is 0 Å². The zero-order chi connectivity index (χ0) is 12.3. The topological polar surface area (TPSA) is 55.5 Å². The van der Waals surface area contributed by atoms with Gasteiger partial charge < -0.3 is 15.6 Å². The molecule has 0 spiro atoms. The number of hydrogen-bond donors (Lipinski definition) is 2. The van der Waals surface area contributed by atoms with Crippen LogP contribution in [0.25, 0.3) is 0 Å². The highest BCUT2D eigenvalue weighted by Gasteiger charge is 2.34. The van der Waals surface area contributed by atoms with Gasteiger partial charge in [0.1, 0.15) is 11.5 Å². The molecule has 1 aliphatic rings. The minimum atomic E-state index is -0.0587. The second kappa shape index (κ2) is 4.96. The molecule has 3 N–H and O–H groups in total. The Morgan fingerprint density at radius 1 is 1.29 bits per heavy atom. The number of methoxy groups -OCH3 is 1. The normalized spacial score (nSPS) is 18.9. The molecule has 1 aromatic rings. The highest BCUT2D eigenvalue weighted by atomic mass is 16.5. The van der Waals surface area contributed by atoms with Gasteiger partial charge in [0.2, 0.25) is 0 Å². The smallest absolute Gasteiger partial charge is 0.119 e. The SMILES string of the molecule is COc1ccc(O)c(C2(CN)CCCCC2)c1. The van der Waals surface area contributed by atoms with E-state index in [0.717, 1.165) is 24.2 Å². The number of ether oxygens (including phenoxy) is 1. The third-order valence-corrected chi connectivity index (χ3v) is 3.98. The zero-order valence-corrected chi connectivity index (χ0v) is 10.4. The fourth-order valence-electron chi connectivity index (χ4n) is 2.88. The Morgan fingerprint density at radius 3 is 2.59 bits per heavy atom. The lowest BCUT2D eigenvalue weighted by molar-refractivity contribution is 0.289. The van der Waals surface area contributed by atoms with E-state index in [4.69, 9.17) is 10.5 Å². The molecule has 3 heteroatoms. The number of aromatic hydroxyl groups is 1. The Labute approximate surface area is 103 Å². The van der Waals surface area contributed by atoms with Gasteiger partial charge in [-0.15, -0.1) is 0 Å². The third-order valence-electron chi connectivity index (χ3n) is 3.98. The molecule has 0 amide bonds. The maximum atomic E-state index is 10.1. The van der Waals surface area contributed by atoms with E-state index >= 15 is 0 Å². The van der Waals surface area contributed by atoms with Crippen LogP contribution in [0.15, 0.2) is 18.2 Å². The number of hydrogen-bond acceptors (Lipinski definition) is 3. The predicted molar refractivity (Wildman–Crippen MR) is 68.5 cm³/mol. The van der Waals surface area contributed by atoms with Gasteiger partial charge in [-0.2, -0.15) is 0 Å². The maximum absolute atomic E-state index is 10.1. The molecule has 17 heavy (non-hydrogen) atoms. The third kappa shape index (κ3) is 2.25. The fraction of sp³-hybridized carbons (Fsp3) is 0.571. The van der Waals surface area contributed by atoms with E-state index in [9.17, 15) is 5.11 Å². The van der Waals surface area contributed by atoms with E-state index < -0.39 is 0 Å². The van der Waals surface area contributed by atoms with Crippen LogP contribution < -0.4 is 10.5 Å². The van der Waals surface area contributed by atoms with Crippen LogP contribution in [0.3, 0.4) is 0 Å². The average Bonchev–Trinajstić information content (AvgIpc) is 2.40. The van der Waals surface area contributed by atoms with Crippen molar-refractivity contribution in [2.45, 2.75) is 37.5 Å².